The largest absolute Gasteiger partial charge is 0.480 e. The highest BCUT2D eigenvalue weighted by atomic mass is 31.2. The summed E-state index contributed by atoms with van der Waals surface area (Å²) in [6.07, 6.45) is 3.26. The summed E-state index contributed by atoms with van der Waals surface area (Å²) in [5.41, 5.74) is 0. The zero-order chi connectivity index (χ0) is 29.7. The smallest absolute Gasteiger partial charge is 0.339 e. The molecule has 1 aliphatic carbocycles. The molecule has 1 heterocycles. The van der Waals surface area contributed by atoms with E-state index in [1.165, 1.54) is 0 Å². The van der Waals surface area contributed by atoms with Crippen molar-refractivity contribution in [3.05, 3.63) is 0 Å². The molecule has 0 radical (unpaired) electrons. The van der Waals surface area contributed by atoms with Crippen LogP contribution in [0.15, 0.2) is 0 Å². The number of carboxylic acid groups (broad SMARTS) is 3. The van der Waals surface area contributed by atoms with E-state index in [9.17, 15) is 49.2 Å². The number of carboxylic acids is 3. The molecule has 1 saturated heterocycles. The molecule has 2 rings (SSSR count). The number of nitrogens with zero attached hydrogens (tertiary/aromatic N) is 5. The van der Waals surface area contributed by atoms with Crippen LogP contribution in [-0.2, 0) is 18.9 Å². The van der Waals surface area contributed by atoms with Gasteiger partial charge in [-0.3, -0.25) is 43.4 Å². The Hall–Kier alpha value is -1.68. The molecule has 0 spiro atoms. The van der Waals surface area contributed by atoms with Crippen molar-refractivity contribution in [3.8, 4) is 0 Å². The van der Waals surface area contributed by atoms with Crippen LogP contribution >= 0.6 is 7.60 Å². The van der Waals surface area contributed by atoms with Crippen molar-refractivity contribution < 1.29 is 49.2 Å². The fourth-order valence-corrected chi connectivity index (χ4v) is 6.26. The van der Waals surface area contributed by atoms with Gasteiger partial charge in [-0.05, 0) is 12.8 Å². The molecule has 1 atom stereocenters. The standard InChI is InChI=1S/C24H46N5O10P/c30-21(15-29(19-40(37,38)39)20-4-2-1-3-5-20)14-25-6-8-26(16-22(31)32)10-12-28(18-24(35)36)13-11-27(9-7-25)17-23(33)34/h20-21,30H,1-19H2,(H,31,32)(H,33,34)(H,35,36)(H2,37,38,39). The van der Waals surface area contributed by atoms with E-state index in [1.54, 1.807) is 19.6 Å². The fraction of sp³-hybridized carbons (Fsp3) is 0.875. The molecule has 1 saturated carbocycles. The van der Waals surface area contributed by atoms with Gasteiger partial charge in [-0.2, -0.15) is 0 Å². The predicted octanol–water partition coefficient (Wildman–Crippen LogP) is -1.41. The fourth-order valence-electron chi connectivity index (χ4n) is 5.44. The van der Waals surface area contributed by atoms with Crippen molar-refractivity contribution in [1.29, 1.82) is 0 Å². The normalized spacial score (nSPS) is 21.5. The molecule has 40 heavy (non-hydrogen) atoms. The summed E-state index contributed by atoms with van der Waals surface area (Å²) in [6.45, 7) is 2.10. The number of hydrogen-bond acceptors (Lipinski definition) is 10. The van der Waals surface area contributed by atoms with Crippen LogP contribution in [-0.4, -0.2) is 176 Å². The van der Waals surface area contributed by atoms with Crippen molar-refractivity contribution in [3.63, 3.8) is 0 Å². The Balaban J connectivity index is 2.14. The second-order valence-electron chi connectivity index (χ2n) is 10.8. The molecule has 232 valence electrons. The zero-order valence-electron chi connectivity index (χ0n) is 23.1. The van der Waals surface area contributed by atoms with Crippen molar-refractivity contribution in [1.82, 2.24) is 24.5 Å². The minimum Gasteiger partial charge on any atom is -0.480 e. The second-order valence-corrected chi connectivity index (χ2v) is 12.4. The first kappa shape index (κ1) is 34.5. The van der Waals surface area contributed by atoms with Gasteiger partial charge in [-0.1, -0.05) is 19.3 Å². The number of aliphatic hydroxyl groups excluding tert-OH is 1. The maximum Gasteiger partial charge on any atom is 0.339 e. The number of β-amino-alcohol motifs (C(OH)–C–C–N with tert-alkyl or cyclic N) is 1. The van der Waals surface area contributed by atoms with Gasteiger partial charge in [0, 0.05) is 71.5 Å². The highest BCUT2D eigenvalue weighted by Crippen LogP contribution is 2.37. The van der Waals surface area contributed by atoms with Crippen molar-refractivity contribution in [2.75, 3.05) is 91.4 Å². The van der Waals surface area contributed by atoms with E-state index < -0.39 is 37.9 Å². The van der Waals surface area contributed by atoms with Gasteiger partial charge in [-0.25, -0.2) is 0 Å². The Bertz CT molecular complexity index is 824. The molecule has 0 aromatic carbocycles. The van der Waals surface area contributed by atoms with Crippen molar-refractivity contribution in [2.24, 2.45) is 0 Å². The third-order valence-corrected chi connectivity index (χ3v) is 8.11. The van der Waals surface area contributed by atoms with Crippen LogP contribution in [0.3, 0.4) is 0 Å². The molecular weight excluding hydrogens is 549 g/mol. The molecule has 15 nitrogen and oxygen atoms in total. The van der Waals surface area contributed by atoms with Crippen LogP contribution in [0, 0.1) is 0 Å². The van der Waals surface area contributed by atoms with Crippen LogP contribution in [0.4, 0.5) is 0 Å². The Morgan fingerprint density at radius 3 is 1.43 bits per heavy atom. The van der Waals surface area contributed by atoms with Gasteiger partial charge in [-0.15, -0.1) is 0 Å². The maximum atomic E-state index is 11.8. The van der Waals surface area contributed by atoms with Gasteiger partial charge in [0.2, 0.25) is 0 Å². The van der Waals surface area contributed by atoms with Gasteiger partial charge in [0.15, 0.2) is 0 Å². The molecule has 6 N–H and O–H groups in total. The average Bonchev–Trinajstić information content (AvgIpc) is 2.84. The minimum absolute atomic E-state index is 0.0202. The topological polar surface area (TPSA) is 206 Å². The summed E-state index contributed by atoms with van der Waals surface area (Å²) in [6, 6.07) is -0.0202. The highest BCUT2D eigenvalue weighted by Gasteiger charge is 2.29. The van der Waals surface area contributed by atoms with Crippen LogP contribution in [0.25, 0.3) is 0 Å². The maximum absolute atomic E-state index is 11.8. The summed E-state index contributed by atoms with van der Waals surface area (Å²) in [5.74, 6) is -3.06. The summed E-state index contributed by atoms with van der Waals surface area (Å²) < 4.78 is 11.8. The Labute approximate surface area is 235 Å². The average molecular weight is 596 g/mol. The molecule has 2 fully saturated rings. The van der Waals surface area contributed by atoms with Crippen LogP contribution in [0.5, 0.6) is 0 Å². The van der Waals surface area contributed by atoms with E-state index in [0.29, 0.717) is 52.4 Å². The van der Waals surface area contributed by atoms with Crippen LogP contribution < -0.4 is 0 Å². The summed E-state index contributed by atoms with van der Waals surface area (Å²) >= 11 is 0. The summed E-state index contributed by atoms with van der Waals surface area (Å²) in [7, 11) is -4.34. The Kier molecular flexibility index (Phi) is 14.9. The van der Waals surface area contributed by atoms with Gasteiger partial charge in [0.1, 0.15) is 6.29 Å². The minimum atomic E-state index is -4.34. The number of aliphatic carboxylic acids is 3. The van der Waals surface area contributed by atoms with E-state index in [-0.39, 0.29) is 38.8 Å². The molecule has 0 amide bonds. The Morgan fingerprint density at radius 1 is 0.700 bits per heavy atom. The van der Waals surface area contributed by atoms with Gasteiger partial charge in [0.05, 0.1) is 25.7 Å². The monoisotopic (exact) mass is 595 g/mol. The number of aliphatic hydroxyl groups is 1. The van der Waals surface area contributed by atoms with Gasteiger partial charge in [0.25, 0.3) is 0 Å². The highest BCUT2D eigenvalue weighted by molar-refractivity contribution is 7.51. The molecule has 16 heteroatoms. The lowest BCUT2D eigenvalue weighted by Gasteiger charge is -2.37. The van der Waals surface area contributed by atoms with E-state index >= 15 is 0 Å². The first-order valence-electron chi connectivity index (χ1n) is 13.8. The summed E-state index contributed by atoms with van der Waals surface area (Å²) in [4.78, 5) is 62.2. The van der Waals surface area contributed by atoms with Crippen molar-refractivity contribution >= 4 is 25.5 Å². The number of carbonyl (C=O) groups is 3. The second kappa shape index (κ2) is 17.3. The quantitative estimate of drug-likeness (QED) is 0.135. The molecule has 0 aromatic heterocycles. The van der Waals surface area contributed by atoms with Crippen LogP contribution in [0.1, 0.15) is 32.1 Å². The van der Waals surface area contributed by atoms with E-state index in [0.717, 1.165) is 32.1 Å². The third-order valence-electron chi connectivity index (χ3n) is 7.38. The van der Waals surface area contributed by atoms with E-state index in [1.807, 2.05) is 4.90 Å². The zero-order valence-corrected chi connectivity index (χ0v) is 24.0. The lowest BCUT2D eigenvalue weighted by molar-refractivity contribution is -0.140. The van der Waals surface area contributed by atoms with E-state index in [2.05, 4.69) is 0 Å². The molecule has 0 bridgehead atoms. The number of rotatable bonds is 13. The first-order valence-corrected chi connectivity index (χ1v) is 15.6. The lowest BCUT2D eigenvalue weighted by atomic mass is 9.94. The first-order chi connectivity index (χ1) is 18.8. The third kappa shape index (κ3) is 14.8. The predicted molar refractivity (Wildman–Crippen MR) is 145 cm³/mol. The number of hydrogen-bond donors (Lipinski definition) is 6. The molecular formula is C24H46N5O10P. The van der Waals surface area contributed by atoms with Crippen molar-refractivity contribution in [2.45, 2.75) is 44.2 Å². The lowest BCUT2D eigenvalue weighted by Crippen LogP contribution is -2.50. The van der Waals surface area contributed by atoms with Crippen LogP contribution in [0.2, 0.25) is 0 Å². The molecule has 1 aliphatic heterocycles. The Morgan fingerprint density at radius 2 is 1.07 bits per heavy atom. The molecule has 1 unspecified atom stereocenters. The van der Waals surface area contributed by atoms with Gasteiger partial charge >= 0.3 is 25.5 Å². The molecule has 0 aromatic rings. The molecule has 2 aliphatic rings. The van der Waals surface area contributed by atoms with Gasteiger partial charge < -0.3 is 30.2 Å². The van der Waals surface area contributed by atoms with E-state index in [4.69, 9.17) is 0 Å². The SMILES string of the molecule is O=C(O)CN1CCN(CC(=O)O)CCN(CC(O)CN(CP(=O)(O)O)C2CCCCC2)CCN(CC(=O)O)CC1. The summed E-state index contributed by atoms with van der Waals surface area (Å²) in [5, 5.41) is 39.0.